The van der Waals surface area contributed by atoms with Crippen LogP contribution in [0, 0.1) is 0 Å². The Hall–Kier alpha value is -6.86. The van der Waals surface area contributed by atoms with Crippen LogP contribution < -0.4 is 35.5 Å². The van der Waals surface area contributed by atoms with Gasteiger partial charge in [-0.25, -0.2) is 9.59 Å². The molecule has 3 aromatic carbocycles. The van der Waals surface area contributed by atoms with Crippen LogP contribution in [0.5, 0.6) is 0 Å². The fourth-order valence-corrected chi connectivity index (χ4v) is 8.51. The summed E-state index contributed by atoms with van der Waals surface area (Å²) in [6, 6.07) is 29.6. The number of anilines is 2. The molecule has 0 aliphatic carbocycles. The van der Waals surface area contributed by atoms with Crippen LogP contribution in [-0.4, -0.2) is 51.2 Å². The van der Waals surface area contributed by atoms with Crippen molar-refractivity contribution < 1.29 is 32.3 Å². The zero-order chi connectivity index (χ0) is 46.3. The van der Waals surface area contributed by atoms with E-state index in [0.29, 0.717) is 61.4 Å². The van der Waals surface area contributed by atoms with Crippen molar-refractivity contribution in [1.29, 1.82) is 0 Å². The van der Waals surface area contributed by atoms with Crippen LogP contribution in [0.15, 0.2) is 116 Å². The zero-order valence-corrected chi connectivity index (χ0v) is 39.0. The maximum Gasteiger partial charge on any atom is 0.343 e. The summed E-state index contributed by atoms with van der Waals surface area (Å²) in [5.41, 5.74) is 5.52. The summed E-state index contributed by atoms with van der Waals surface area (Å²) in [4.78, 5) is 52.7. The summed E-state index contributed by atoms with van der Waals surface area (Å²) >= 11 is 1.62. The van der Waals surface area contributed by atoms with Gasteiger partial charge in [-0.1, -0.05) is 37.3 Å². The Labute approximate surface area is 383 Å². The Balaban J connectivity index is 0.000000216. The van der Waals surface area contributed by atoms with Crippen molar-refractivity contribution in [3.8, 4) is 0 Å². The van der Waals surface area contributed by atoms with Gasteiger partial charge in [-0.3, -0.25) is 9.59 Å². The molecule has 12 nitrogen and oxygen atoms in total. The topological polar surface area (TPSA) is 130 Å². The molecule has 0 saturated heterocycles. The molecule has 0 aliphatic heterocycles. The maximum atomic E-state index is 12.7. The van der Waals surface area contributed by atoms with Crippen LogP contribution in [0.2, 0.25) is 0 Å². The van der Waals surface area contributed by atoms with E-state index in [2.05, 4.69) is 65.6 Å². The maximum absolute atomic E-state index is 12.7. The predicted molar refractivity (Wildman–Crippen MR) is 263 cm³/mol. The van der Waals surface area contributed by atoms with E-state index in [4.69, 9.17) is 13.6 Å². The average molecular weight is 898 g/mol. The van der Waals surface area contributed by atoms with Crippen molar-refractivity contribution in [1.82, 2.24) is 5.32 Å². The minimum absolute atomic E-state index is 0.0338. The van der Waals surface area contributed by atoms with Gasteiger partial charge in [0.15, 0.2) is 25.9 Å². The lowest BCUT2D eigenvalue weighted by molar-refractivity contribution is -0.696. The normalized spacial score (nSPS) is 11.4. The Kier molecular flexibility index (Phi) is 17.0. The molecule has 7 rings (SSSR count). The molecular weight excluding hydrogens is 839 g/mol. The van der Waals surface area contributed by atoms with Crippen molar-refractivity contribution in [2.24, 2.45) is 0 Å². The first-order valence-electron chi connectivity index (χ1n) is 22.4. The van der Waals surface area contributed by atoms with E-state index in [-0.39, 0.29) is 23.1 Å². The van der Waals surface area contributed by atoms with Gasteiger partial charge < -0.3 is 28.7 Å². The highest BCUT2D eigenvalue weighted by Gasteiger charge is 2.19. The Morgan fingerprint density at radius 3 is 1.85 bits per heavy atom. The number of nitrogens with zero attached hydrogens (tertiary/aromatic N) is 4. The third kappa shape index (κ3) is 12.2. The number of esters is 1. The van der Waals surface area contributed by atoms with Gasteiger partial charge in [-0.05, 0) is 88.4 Å². The van der Waals surface area contributed by atoms with Gasteiger partial charge in [0.25, 0.3) is 5.01 Å². The molecule has 4 heterocycles. The standard InChI is InChI=1S/C27H29N2O4S.C25H29N3O3/c1-4-26(30)32-16-15-29-22-9-7-8-10-24(22)34-25(29)14-12-20-17-19-11-13-21(28(5-2)6-3)18-23(19)33-27(20)31;1-4-24(29)26-14-16-28-15-8-7-9-21(28)12-11-20-17-19-10-13-22(27(5-2)6-3)18-23(19)31-25(20)30/h7-14,17-18H,4-6,15-16H2,1-3H3;7-13,15,17-18H,4-6,14,16H2,1-3H3/q+1;/p+1. The number of amides is 1. The molecule has 7 aromatic rings. The molecule has 1 N–H and O–H groups in total. The third-order valence-electron chi connectivity index (χ3n) is 11.1. The van der Waals surface area contributed by atoms with E-state index in [1.165, 1.54) is 0 Å². The summed E-state index contributed by atoms with van der Waals surface area (Å²) in [6.45, 7) is 17.6. The smallest absolute Gasteiger partial charge is 0.343 e. The van der Waals surface area contributed by atoms with E-state index in [0.717, 1.165) is 69.2 Å². The summed E-state index contributed by atoms with van der Waals surface area (Å²) in [6.07, 6.45) is 10.2. The first-order chi connectivity index (χ1) is 31.6. The third-order valence-corrected chi connectivity index (χ3v) is 12.2. The minimum Gasteiger partial charge on any atom is -0.459 e. The van der Waals surface area contributed by atoms with E-state index in [9.17, 15) is 19.2 Å². The zero-order valence-electron chi connectivity index (χ0n) is 38.2. The van der Waals surface area contributed by atoms with Crippen LogP contribution >= 0.6 is 11.3 Å². The highest BCUT2D eigenvalue weighted by atomic mass is 32.1. The molecule has 1 amide bonds. The first kappa shape index (κ1) is 47.6. The number of benzene rings is 3. The summed E-state index contributed by atoms with van der Waals surface area (Å²) in [5.74, 6) is -0.179. The molecule has 0 aliphatic rings. The van der Waals surface area contributed by atoms with Crippen molar-refractivity contribution in [3.05, 3.63) is 140 Å². The number of nitrogens with one attached hydrogen (secondary N) is 1. The van der Waals surface area contributed by atoms with Gasteiger partial charge in [0.1, 0.15) is 15.9 Å². The van der Waals surface area contributed by atoms with Gasteiger partial charge in [-0.15, -0.1) is 0 Å². The van der Waals surface area contributed by atoms with Crippen LogP contribution in [0.25, 0.3) is 56.5 Å². The van der Waals surface area contributed by atoms with E-state index in [1.807, 2.05) is 103 Å². The molecule has 0 spiro atoms. The van der Waals surface area contributed by atoms with E-state index in [1.54, 1.807) is 30.4 Å². The first-order valence-corrected chi connectivity index (χ1v) is 23.2. The second-order valence-corrected chi connectivity index (χ2v) is 16.2. The molecule has 0 fully saturated rings. The molecular formula is C52H59N5O7S+2. The Morgan fingerprint density at radius 1 is 0.677 bits per heavy atom. The average Bonchev–Trinajstić information content (AvgIpc) is 3.68. The quantitative estimate of drug-likeness (QED) is 0.0510. The molecule has 0 unspecified atom stereocenters. The van der Waals surface area contributed by atoms with E-state index >= 15 is 0 Å². The van der Waals surface area contributed by atoms with E-state index < -0.39 is 0 Å². The van der Waals surface area contributed by atoms with Gasteiger partial charge in [0.2, 0.25) is 17.1 Å². The lowest BCUT2D eigenvalue weighted by atomic mass is 10.1. The monoisotopic (exact) mass is 897 g/mol. The lowest BCUT2D eigenvalue weighted by Gasteiger charge is -2.20. The summed E-state index contributed by atoms with van der Waals surface area (Å²) < 4.78 is 21.8. The molecule has 4 aromatic heterocycles. The van der Waals surface area contributed by atoms with Gasteiger partial charge in [0.05, 0.1) is 17.7 Å². The van der Waals surface area contributed by atoms with Crippen LogP contribution in [0.3, 0.4) is 0 Å². The molecule has 65 heavy (non-hydrogen) atoms. The molecule has 13 heteroatoms. The molecule has 338 valence electrons. The number of carbonyl (C=O) groups is 2. The number of fused-ring (bicyclic) bond motifs is 3. The minimum atomic E-state index is -0.370. The molecule has 0 bridgehead atoms. The summed E-state index contributed by atoms with van der Waals surface area (Å²) in [7, 11) is 0. The fourth-order valence-electron chi connectivity index (χ4n) is 7.42. The van der Waals surface area contributed by atoms with Crippen LogP contribution in [-0.2, 0) is 27.4 Å². The summed E-state index contributed by atoms with van der Waals surface area (Å²) in [5, 5.41) is 5.61. The van der Waals surface area contributed by atoms with Crippen molar-refractivity contribution in [2.45, 2.75) is 67.5 Å². The number of aromatic nitrogens is 2. The Morgan fingerprint density at radius 2 is 1.26 bits per heavy atom. The fraction of sp³-hybridized carbons (Fsp3) is 0.308. The van der Waals surface area contributed by atoms with Crippen LogP contribution in [0.1, 0.15) is 76.2 Å². The molecule has 0 saturated carbocycles. The highest BCUT2D eigenvalue weighted by Crippen LogP contribution is 2.25. The van der Waals surface area contributed by atoms with Crippen molar-refractivity contribution >= 4 is 91.0 Å². The number of carbonyl (C=O) groups excluding carboxylic acids is 2. The molecule has 0 radical (unpaired) electrons. The predicted octanol–water partition coefficient (Wildman–Crippen LogP) is 8.89. The van der Waals surface area contributed by atoms with Crippen LogP contribution in [0.4, 0.5) is 11.4 Å². The number of hydrogen-bond acceptors (Lipinski definition) is 10. The number of pyridine rings is 1. The van der Waals surface area contributed by atoms with Gasteiger partial charge in [0, 0.05) is 104 Å². The SMILES string of the molecule is CCC(=O)NCC[n+]1ccccc1/C=C/c1cc2ccc(N(CC)CC)cc2oc1=O.CCC(=O)OCC[n+]1c(/C=C/c2cc3ccc(N(CC)CC)cc3oc2=O)sc2ccccc21. The number of hydrogen-bond donors (Lipinski definition) is 1. The highest BCUT2D eigenvalue weighted by molar-refractivity contribution is 7.18. The second kappa shape index (κ2) is 23.2. The number of thiazole rings is 1. The number of ether oxygens (including phenoxy) is 1. The van der Waals surface area contributed by atoms with Gasteiger partial charge >= 0.3 is 17.2 Å². The number of para-hydroxylation sites is 1. The molecule has 0 atom stereocenters. The van der Waals surface area contributed by atoms with Crippen molar-refractivity contribution in [3.63, 3.8) is 0 Å². The largest absolute Gasteiger partial charge is 0.459 e. The lowest BCUT2D eigenvalue weighted by Crippen LogP contribution is -2.42. The van der Waals surface area contributed by atoms with Crippen molar-refractivity contribution in [2.75, 3.05) is 49.1 Å². The second-order valence-electron chi connectivity index (χ2n) is 15.1. The van der Waals surface area contributed by atoms with Gasteiger partial charge in [-0.2, -0.15) is 9.13 Å². The Bertz CT molecular complexity index is 2920. The number of rotatable bonds is 18.